The molecule has 1 N–H and O–H groups in total. The minimum atomic E-state index is -0.338. The van der Waals surface area contributed by atoms with Gasteiger partial charge in [-0.05, 0) is 73.9 Å². The summed E-state index contributed by atoms with van der Waals surface area (Å²) in [4.78, 5) is 10.8. The molecule has 4 nitrogen and oxygen atoms in total. The molecular formula is C60H51N3O. The van der Waals surface area contributed by atoms with Crippen molar-refractivity contribution in [1.29, 1.82) is 0 Å². The van der Waals surface area contributed by atoms with Gasteiger partial charge < -0.3 is 5.11 Å². The molecule has 0 aliphatic rings. The lowest BCUT2D eigenvalue weighted by Gasteiger charge is -2.28. The van der Waals surface area contributed by atoms with Crippen molar-refractivity contribution in [3.63, 3.8) is 0 Å². The minimum Gasteiger partial charge on any atom is -0.507 e. The normalized spacial score (nSPS) is 12.0. The van der Waals surface area contributed by atoms with Gasteiger partial charge in [-0.3, -0.25) is 9.55 Å². The molecule has 4 heteroatoms. The van der Waals surface area contributed by atoms with E-state index in [1.165, 1.54) is 0 Å². The lowest BCUT2D eigenvalue weighted by Crippen LogP contribution is -2.17. The monoisotopic (exact) mass is 829 g/mol. The van der Waals surface area contributed by atoms with Crippen molar-refractivity contribution < 1.29 is 5.11 Å². The summed E-state index contributed by atoms with van der Waals surface area (Å²) in [5, 5.41) is 14.8. The molecule has 0 saturated heterocycles. The van der Waals surface area contributed by atoms with Gasteiger partial charge in [-0.2, -0.15) is 0 Å². The molecule has 0 saturated carbocycles. The van der Waals surface area contributed by atoms with Crippen molar-refractivity contribution in [2.45, 2.75) is 52.4 Å². The SMILES string of the molecule is CC(C)(C)c1cc(-c2nc3c(-c4cc(-c5ccc(-c6ccccc6)cn5)ccc4-c4ccccc4)cccc3n2-c2c(-c3ccccc3)ccc3ccccc23)c(O)c(C(C)(C)C)c1. The smallest absolute Gasteiger partial charge is 0.149 e. The van der Waals surface area contributed by atoms with Crippen LogP contribution in [0.3, 0.4) is 0 Å². The van der Waals surface area contributed by atoms with Gasteiger partial charge in [-0.15, -0.1) is 0 Å². The number of imidazole rings is 1. The molecule has 0 amide bonds. The van der Waals surface area contributed by atoms with Gasteiger partial charge in [-0.25, -0.2) is 4.98 Å². The fraction of sp³-hybridized carbons (Fsp3) is 0.133. The van der Waals surface area contributed by atoms with Crippen LogP contribution in [0.1, 0.15) is 52.7 Å². The average molecular weight is 830 g/mol. The summed E-state index contributed by atoms with van der Waals surface area (Å²) in [5.74, 6) is 0.928. The maximum atomic E-state index is 12.6. The predicted octanol–water partition coefficient (Wildman–Crippen LogP) is 15.9. The van der Waals surface area contributed by atoms with Gasteiger partial charge in [0.15, 0.2) is 0 Å². The number of phenols is 1. The molecule has 10 aromatic rings. The summed E-state index contributed by atoms with van der Waals surface area (Å²) in [6, 6.07) is 66.3. The van der Waals surface area contributed by atoms with Crippen LogP contribution in [0.25, 0.3) is 94.6 Å². The quantitative estimate of drug-likeness (QED) is 0.174. The van der Waals surface area contributed by atoms with Crippen molar-refractivity contribution >= 4 is 21.8 Å². The number of fused-ring (bicyclic) bond motifs is 2. The molecule has 0 atom stereocenters. The van der Waals surface area contributed by atoms with Crippen LogP contribution in [0.5, 0.6) is 5.75 Å². The highest BCUT2D eigenvalue weighted by molar-refractivity contribution is 6.05. The lowest BCUT2D eigenvalue weighted by atomic mass is 9.79. The zero-order valence-corrected chi connectivity index (χ0v) is 37.3. The van der Waals surface area contributed by atoms with E-state index in [0.717, 1.165) is 94.4 Å². The first-order valence-corrected chi connectivity index (χ1v) is 22.1. The highest BCUT2D eigenvalue weighted by Gasteiger charge is 2.30. The molecule has 8 aromatic carbocycles. The van der Waals surface area contributed by atoms with E-state index >= 15 is 0 Å². The molecule has 0 aliphatic heterocycles. The third kappa shape index (κ3) is 7.35. The van der Waals surface area contributed by atoms with Gasteiger partial charge in [0, 0.05) is 39.4 Å². The molecule has 64 heavy (non-hydrogen) atoms. The summed E-state index contributed by atoms with van der Waals surface area (Å²) in [6.07, 6.45) is 1.96. The molecule has 0 spiro atoms. The number of para-hydroxylation sites is 1. The summed E-state index contributed by atoms with van der Waals surface area (Å²) >= 11 is 0. The van der Waals surface area contributed by atoms with Crippen molar-refractivity contribution in [2.24, 2.45) is 0 Å². The van der Waals surface area contributed by atoms with Crippen LogP contribution in [-0.4, -0.2) is 19.6 Å². The molecule has 0 bridgehead atoms. The van der Waals surface area contributed by atoms with E-state index in [9.17, 15) is 5.11 Å². The second kappa shape index (κ2) is 16.0. The summed E-state index contributed by atoms with van der Waals surface area (Å²) in [5.41, 5.74) is 15.5. The van der Waals surface area contributed by atoms with Crippen molar-refractivity contribution in [3.05, 3.63) is 205 Å². The van der Waals surface area contributed by atoms with Crippen LogP contribution < -0.4 is 0 Å². The van der Waals surface area contributed by atoms with Crippen molar-refractivity contribution in [2.75, 3.05) is 0 Å². The Hall–Kier alpha value is -7.56. The number of hydrogen-bond donors (Lipinski definition) is 1. The highest BCUT2D eigenvalue weighted by atomic mass is 16.3. The number of aromatic hydroxyl groups is 1. The Bertz CT molecular complexity index is 3320. The summed E-state index contributed by atoms with van der Waals surface area (Å²) < 4.78 is 2.31. The van der Waals surface area contributed by atoms with Gasteiger partial charge in [0.1, 0.15) is 11.6 Å². The van der Waals surface area contributed by atoms with Crippen LogP contribution >= 0.6 is 0 Å². The number of benzene rings is 8. The summed E-state index contributed by atoms with van der Waals surface area (Å²) in [7, 11) is 0. The van der Waals surface area contributed by atoms with Gasteiger partial charge >= 0.3 is 0 Å². The third-order valence-corrected chi connectivity index (χ3v) is 12.5. The second-order valence-corrected chi connectivity index (χ2v) is 18.8. The maximum Gasteiger partial charge on any atom is 0.149 e. The number of rotatable bonds is 7. The number of nitrogens with zero attached hydrogens (tertiary/aromatic N) is 3. The first-order valence-electron chi connectivity index (χ1n) is 22.1. The molecule has 0 radical (unpaired) electrons. The van der Waals surface area contributed by atoms with E-state index in [1.807, 2.05) is 12.3 Å². The zero-order valence-electron chi connectivity index (χ0n) is 37.3. The van der Waals surface area contributed by atoms with E-state index in [1.54, 1.807) is 0 Å². The molecule has 0 unspecified atom stereocenters. The number of aromatic nitrogens is 3. The lowest BCUT2D eigenvalue weighted by molar-refractivity contribution is 0.446. The average Bonchev–Trinajstić information content (AvgIpc) is 3.70. The Balaban J connectivity index is 1.31. The van der Waals surface area contributed by atoms with Crippen LogP contribution in [0.15, 0.2) is 194 Å². The van der Waals surface area contributed by atoms with Gasteiger partial charge in [-0.1, -0.05) is 205 Å². The molecule has 0 aliphatic carbocycles. The molecule has 2 heterocycles. The Kier molecular flexibility index (Phi) is 10.1. The first kappa shape index (κ1) is 40.5. The number of pyridine rings is 1. The second-order valence-electron chi connectivity index (χ2n) is 18.8. The van der Waals surface area contributed by atoms with Crippen LogP contribution in [0, 0.1) is 0 Å². The maximum absolute atomic E-state index is 12.6. The van der Waals surface area contributed by atoms with E-state index in [2.05, 4.69) is 228 Å². The van der Waals surface area contributed by atoms with Gasteiger partial charge in [0.05, 0.1) is 28.0 Å². The molecular weight excluding hydrogens is 779 g/mol. The first-order chi connectivity index (χ1) is 30.9. The van der Waals surface area contributed by atoms with Gasteiger partial charge in [0.25, 0.3) is 0 Å². The largest absolute Gasteiger partial charge is 0.507 e. The number of phenolic OH excluding ortho intramolecular Hbond substituents is 1. The van der Waals surface area contributed by atoms with E-state index in [-0.39, 0.29) is 16.6 Å². The third-order valence-electron chi connectivity index (χ3n) is 12.5. The van der Waals surface area contributed by atoms with Crippen LogP contribution in [0.4, 0.5) is 0 Å². The standard InChI is InChI=1S/C60H51N3O/c1-59(2,3)45-36-51(57(64)52(37-45)60(4,5)6)58-62-55-49(27-18-28-54(55)63(58)56-47-26-17-16-25-42(47)29-33-48(56)41-23-14-9-15-24-41)50-35-43(30-32-46(50)40-21-12-8-13-22-40)53-34-31-44(38-61-53)39-19-10-7-11-20-39/h7-38,64H,1-6H3. The Labute approximate surface area is 376 Å². The van der Waals surface area contributed by atoms with E-state index in [0.29, 0.717) is 11.4 Å². The van der Waals surface area contributed by atoms with E-state index in [4.69, 9.17) is 9.97 Å². The Morgan fingerprint density at radius 2 is 1.08 bits per heavy atom. The molecule has 2 aromatic heterocycles. The van der Waals surface area contributed by atoms with Crippen LogP contribution in [0.2, 0.25) is 0 Å². The Morgan fingerprint density at radius 3 is 1.73 bits per heavy atom. The number of hydrogen-bond acceptors (Lipinski definition) is 3. The van der Waals surface area contributed by atoms with Crippen LogP contribution in [-0.2, 0) is 10.8 Å². The molecule has 10 rings (SSSR count). The van der Waals surface area contributed by atoms with E-state index < -0.39 is 0 Å². The predicted molar refractivity (Wildman–Crippen MR) is 268 cm³/mol. The Morgan fingerprint density at radius 1 is 0.453 bits per heavy atom. The van der Waals surface area contributed by atoms with Gasteiger partial charge in [0.2, 0.25) is 0 Å². The zero-order chi connectivity index (χ0) is 44.2. The minimum absolute atomic E-state index is 0.197. The fourth-order valence-electron chi connectivity index (χ4n) is 9.04. The topological polar surface area (TPSA) is 50.9 Å². The summed E-state index contributed by atoms with van der Waals surface area (Å²) in [6.45, 7) is 13.2. The van der Waals surface area contributed by atoms with Crippen molar-refractivity contribution in [3.8, 4) is 78.6 Å². The molecule has 312 valence electrons. The fourth-order valence-corrected chi connectivity index (χ4v) is 9.04. The molecule has 0 fully saturated rings. The highest BCUT2D eigenvalue weighted by Crippen LogP contribution is 2.47. The van der Waals surface area contributed by atoms with Crippen molar-refractivity contribution in [1.82, 2.24) is 14.5 Å².